The largest absolute Gasteiger partial charge is 0.368 e. The molecule has 102 valence electrons. The molecule has 0 bridgehead atoms. The Morgan fingerprint density at radius 3 is 2.63 bits per heavy atom. The van der Waals surface area contributed by atoms with Gasteiger partial charge in [-0.3, -0.25) is 14.9 Å². The molecule has 0 saturated carbocycles. The van der Waals surface area contributed by atoms with Gasteiger partial charge in [-0.05, 0) is 19.3 Å². The van der Waals surface area contributed by atoms with Gasteiger partial charge in [0.25, 0.3) is 0 Å². The van der Waals surface area contributed by atoms with Crippen LogP contribution in [0.5, 0.6) is 0 Å². The lowest BCUT2D eigenvalue weighted by molar-refractivity contribution is -0.493. The molecule has 1 aromatic rings. The first kappa shape index (κ1) is 13.7. The summed E-state index contributed by atoms with van der Waals surface area (Å²) in [5, 5.41) is 10.5. The van der Waals surface area contributed by atoms with Crippen LogP contribution in [0.25, 0.3) is 0 Å². The predicted octanol–water partition coefficient (Wildman–Crippen LogP) is 2.47. The van der Waals surface area contributed by atoms with Crippen molar-refractivity contribution in [3.8, 4) is 0 Å². The Morgan fingerprint density at radius 2 is 1.95 bits per heavy atom. The zero-order valence-electron chi connectivity index (χ0n) is 10.7. The molecule has 0 amide bonds. The van der Waals surface area contributed by atoms with E-state index in [0.29, 0.717) is 18.4 Å². The van der Waals surface area contributed by atoms with Gasteiger partial charge in [0.05, 0.1) is 6.10 Å². The third-order valence-electron chi connectivity index (χ3n) is 3.30. The summed E-state index contributed by atoms with van der Waals surface area (Å²) in [5.74, 6) is 0.0346. The smallest absolute Gasteiger partial charge is 0.229 e. The van der Waals surface area contributed by atoms with Gasteiger partial charge < -0.3 is 4.74 Å². The highest BCUT2D eigenvalue weighted by Gasteiger charge is 2.27. The van der Waals surface area contributed by atoms with Crippen LogP contribution in [0.2, 0.25) is 0 Å². The number of carbonyl (C=O) groups is 1. The maximum Gasteiger partial charge on any atom is 0.229 e. The first-order valence-electron chi connectivity index (χ1n) is 6.50. The number of nitrogens with zero attached hydrogens (tertiary/aromatic N) is 1. The van der Waals surface area contributed by atoms with Crippen LogP contribution in [0.15, 0.2) is 30.3 Å². The molecule has 1 aromatic carbocycles. The van der Waals surface area contributed by atoms with Crippen molar-refractivity contribution < 1.29 is 14.5 Å². The van der Waals surface area contributed by atoms with Crippen molar-refractivity contribution >= 4 is 5.78 Å². The quantitative estimate of drug-likeness (QED) is 0.465. The Balaban J connectivity index is 1.88. The molecule has 2 atom stereocenters. The van der Waals surface area contributed by atoms with Gasteiger partial charge in [-0.1, -0.05) is 30.3 Å². The van der Waals surface area contributed by atoms with Crippen LogP contribution in [-0.4, -0.2) is 29.5 Å². The minimum absolute atomic E-state index is 0.0346. The van der Waals surface area contributed by atoms with E-state index in [1.54, 1.807) is 12.1 Å². The Kier molecular flexibility index (Phi) is 4.63. The summed E-state index contributed by atoms with van der Waals surface area (Å²) in [6.45, 7) is -0.171. The fourth-order valence-corrected chi connectivity index (χ4v) is 2.38. The molecule has 1 fully saturated rings. The summed E-state index contributed by atoms with van der Waals surface area (Å²) in [6.07, 6.45) is 2.15. The minimum Gasteiger partial charge on any atom is -0.368 e. The fourth-order valence-electron chi connectivity index (χ4n) is 2.38. The van der Waals surface area contributed by atoms with Crippen LogP contribution in [0.4, 0.5) is 0 Å². The highest BCUT2D eigenvalue weighted by molar-refractivity contribution is 5.96. The van der Waals surface area contributed by atoms with Gasteiger partial charge in [0, 0.05) is 16.9 Å². The number of hydrogen-bond donors (Lipinski definition) is 0. The summed E-state index contributed by atoms with van der Waals surface area (Å²) in [4.78, 5) is 22.1. The molecule has 1 aliphatic rings. The van der Waals surface area contributed by atoms with E-state index in [2.05, 4.69) is 0 Å². The Morgan fingerprint density at radius 1 is 1.26 bits per heavy atom. The van der Waals surface area contributed by atoms with Gasteiger partial charge in [-0.2, -0.15) is 0 Å². The van der Waals surface area contributed by atoms with Crippen molar-refractivity contribution in [2.75, 3.05) is 6.54 Å². The van der Waals surface area contributed by atoms with Crippen molar-refractivity contribution in [3.63, 3.8) is 0 Å². The highest BCUT2D eigenvalue weighted by atomic mass is 16.6. The SMILES string of the molecule is O=C(C[C@@H]1CCC[C@H](C[N+](=O)[O-])O1)c1ccccc1. The van der Waals surface area contributed by atoms with E-state index < -0.39 is 0 Å². The number of benzene rings is 1. The third kappa shape index (κ3) is 4.13. The van der Waals surface area contributed by atoms with Gasteiger partial charge in [0.2, 0.25) is 6.54 Å². The number of rotatable bonds is 5. The molecule has 5 heteroatoms. The molecule has 1 heterocycles. The summed E-state index contributed by atoms with van der Waals surface area (Å²) in [5.41, 5.74) is 0.669. The number of ether oxygens (including phenoxy) is 1. The van der Waals surface area contributed by atoms with Crippen LogP contribution >= 0.6 is 0 Å². The molecule has 19 heavy (non-hydrogen) atoms. The molecule has 1 aliphatic heterocycles. The summed E-state index contributed by atoms with van der Waals surface area (Å²) >= 11 is 0. The summed E-state index contributed by atoms with van der Waals surface area (Å²) in [7, 11) is 0. The zero-order valence-corrected chi connectivity index (χ0v) is 10.7. The summed E-state index contributed by atoms with van der Waals surface area (Å²) in [6, 6.07) is 9.06. The Bertz CT molecular complexity index is 446. The van der Waals surface area contributed by atoms with Crippen molar-refractivity contribution in [2.45, 2.75) is 37.9 Å². The second-order valence-electron chi connectivity index (χ2n) is 4.82. The highest BCUT2D eigenvalue weighted by Crippen LogP contribution is 2.22. The van der Waals surface area contributed by atoms with Crippen LogP contribution in [0.1, 0.15) is 36.0 Å². The number of Topliss-reactive ketones (excluding diaryl/α,β-unsaturated/α-hetero) is 1. The van der Waals surface area contributed by atoms with Crippen LogP contribution in [0.3, 0.4) is 0 Å². The lowest BCUT2D eigenvalue weighted by Gasteiger charge is -2.27. The monoisotopic (exact) mass is 263 g/mol. The van der Waals surface area contributed by atoms with E-state index in [-0.39, 0.29) is 29.5 Å². The van der Waals surface area contributed by atoms with Crippen molar-refractivity contribution in [2.24, 2.45) is 0 Å². The molecule has 5 nitrogen and oxygen atoms in total. The van der Waals surface area contributed by atoms with Crippen LogP contribution in [-0.2, 0) is 4.74 Å². The van der Waals surface area contributed by atoms with Gasteiger partial charge in [0.15, 0.2) is 5.78 Å². The predicted molar refractivity (Wildman–Crippen MR) is 69.8 cm³/mol. The van der Waals surface area contributed by atoms with Crippen molar-refractivity contribution in [3.05, 3.63) is 46.0 Å². The van der Waals surface area contributed by atoms with Crippen LogP contribution in [0, 0.1) is 10.1 Å². The molecule has 0 N–H and O–H groups in total. The number of nitro groups is 1. The molecule has 0 spiro atoms. The molecule has 0 aliphatic carbocycles. The topological polar surface area (TPSA) is 69.4 Å². The zero-order chi connectivity index (χ0) is 13.7. The maximum absolute atomic E-state index is 12.0. The second-order valence-corrected chi connectivity index (χ2v) is 4.82. The number of ketones is 1. The van der Waals surface area contributed by atoms with E-state index in [4.69, 9.17) is 4.74 Å². The van der Waals surface area contributed by atoms with Gasteiger partial charge in [0.1, 0.15) is 6.10 Å². The molecule has 2 rings (SSSR count). The van der Waals surface area contributed by atoms with E-state index in [1.165, 1.54) is 0 Å². The van der Waals surface area contributed by atoms with Gasteiger partial charge in [-0.25, -0.2) is 0 Å². The molecule has 0 radical (unpaired) electrons. The van der Waals surface area contributed by atoms with E-state index >= 15 is 0 Å². The fraction of sp³-hybridized carbons (Fsp3) is 0.500. The summed E-state index contributed by atoms with van der Waals surface area (Å²) < 4.78 is 5.63. The molecule has 0 unspecified atom stereocenters. The van der Waals surface area contributed by atoms with Crippen molar-refractivity contribution in [1.29, 1.82) is 0 Å². The van der Waals surface area contributed by atoms with E-state index in [1.807, 2.05) is 18.2 Å². The lowest BCUT2D eigenvalue weighted by atomic mass is 9.98. The average Bonchev–Trinajstić information content (AvgIpc) is 2.39. The minimum atomic E-state index is -0.355. The average molecular weight is 263 g/mol. The van der Waals surface area contributed by atoms with E-state index in [9.17, 15) is 14.9 Å². The lowest BCUT2D eigenvalue weighted by Crippen LogP contribution is -2.34. The van der Waals surface area contributed by atoms with Gasteiger partial charge in [-0.15, -0.1) is 0 Å². The van der Waals surface area contributed by atoms with Gasteiger partial charge >= 0.3 is 0 Å². The maximum atomic E-state index is 12.0. The Hall–Kier alpha value is -1.75. The van der Waals surface area contributed by atoms with E-state index in [0.717, 1.165) is 12.8 Å². The normalized spacial score (nSPS) is 22.9. The molecule has 0 aromatic heterocycles. The standard InChI is InChI=1S/C14H17NO4/c16-14(11-5-2-1-3-6-11)9-12-7-4-8-13(19-12)10-15(17)18/h1-3,5-6,12-13H,4,7-10H2/t12-,13+/m0/s1. The number of hydrogen-bond acceptors (Lipinski definition) is 4. The molecular weight excluding hydrogens is 246 g/mol. The molecular formula is C14H17NO4. The third-order valence-corrected chi connectivity index (χ3v) is 3.30. The first-order valence-corrected chi connectivity index (χ1v) is 6.50. The first-order chi connectivity index (χ1) is 9.15. The molecule has 1 saturated heterocycles. The van der Waals surface area contributed by atoms with Crippen LogP contribution < -0.4 is 0 Å². The second kappa shape index (κ2) is 6.43. The van der Waals surface area contributed by atoms with Crippen molar-refractivity contribution in [1.82, 2.24) is 0 Å². The number of carbonyl (C=O) groups excluding carboxylic acids is 1. The Labute approximate surface area is 111 Å².